The number of hydrogen-bond donors (Lipinski definition) is 2. The van der Waals surface area contributed by atoms with Gasteiger partial charge in [-0.25, -0.2) is 0 Å². The zero-order valence-electron chi connectivity index (χ0n) is 7.67. The van der Waals surface area contributed by atoms with E-state index in [1.807, 2.05) is 0 Å². The van der Waals surface area contributed by atoms with Gasteiger partial charge < -0.3 is 14.9 Å². The second-order valence-corrected chi connectivity index (χ2v) is 3.04. The van der Waals surface area contributed by atoms with Crippen molar-refractivity contribution in [2.24, 2.45) is 0 Å². The molecule has 0 aromatic heterocycles. The molecule has 0 unspecified atom stereocenters. The Balaban J connectivity index is 2.94. The van der Waals surface area contributed by atoms with Crippen LogP contribution >= 0.6 is 0 Å². The van der Waals surface area contributed by atoms with E-state index < -0.39 is 18.3 Å². The molecule has 1 aliphatic heterocycles. The van der Waals surface area contributed by atoms with Crippen molar-refractivity contribution in [3.63, 3.8) is 0 Å². The fourth-order valence-corrected chi connectivity index (χ4v) is 1.26. The Hall–Kier alpha value is -1.22. The molecule has 2 N–H and O–H groups in total. The van der Waals surface area contributed by atoms with Gasteiger partial charge in [0, 0.05) is 5.57 Å². The van der Waals surface area contributed by atoms with E-state index in [-0.39, 0.29) is 18.0 Å². The molecule has 1 rings (SSSR count). The summed E-state index contributed by atoms with van der Waals surface area (Å²) < 4.78 is 5.02. The van der Waals surface area contributed by atoms with Crippen molar-refractivity contribution in [1.82, 2.24) is 0 Å². The van der Waals surface area contributed by atoms with E-state index in [0.29, 0.717) is 0 Å². The molecule has 0 amide bonds. The maximum atomic E-state index is 11.0. The predicted octanol–water partition coefficient (Wildman–Crippen LogP) is -0.854. The Morgan fingerprint density at radius 3 is 2.86 bits per heavy atom. The van der Waals surface area contributed by atoms with Crippen LogP contribution < -0.4 is 0 Å². The molecule has 0 spiro atoms. The fourth-order valence-electron chi connectivity index (χ4n) is 1.26. The molecule has 0 saturated heterocycles. The second kappa shape index (κ2) is 4.33. The van der Waals surface area contributed by atoms with E-state index in [2.05, 4.69) is 0 Å². The largest absolute Gasteiger partial charge is 0.394 e. The lowest BCUT2D eigenvalue weighted by Crippen LogP contribution is -2.40. The Labute approximate surface area is 81.2 Å². The number of hydrogen-bond acceptors (Lipinski definition) is 5. The van der Waals surface area contributed by atoms with Gasteiger partial charge in [-0.15, -0.1) is 0 Å². The molecular formula is C9H11NO4. The van der Waals surface area contributed by atoms with Gasteiger partial charge in [-0.2, -0.15) is 5.26 Å². The third-order valence-corrected chi connectivity index (χ3v) is 2.03. The lowest BCUT2D eigenvalue weighted by atomic mass is 9.99. The number of rotatable bonds is 2. The summed E-state index contributed by atoms with van der Waals surface area (Å²) in [5, 5.41) is 26.8. The molecule has 0 saturated carbocycles. The highest BCUT2D eigenvalue weighted by Crippen LogP contribution is 2.19. The van der Waals surface area contributed by atoms with Gasteiger partial charge in [0.2, 0.25) is 0 Å². The molecule has 3 atom stereocenters. The second-order valence-electron chi connectivity index (χ2n) is 3.04. The van der Waals surface area contributed by atoms with Gasteiger partial charge in [-0.1, -0.05) is 0 Å². The number of nitrogens with zero attached hydrogens (tertiary/aromatic N) is 1. The quantitative estimate of drug-likeness (QED) is 0.601. The molecular weight excluding hydrogens is 186 g/mol. The normalized spacial score (nSPS) is 31.9. The summed E-state index contributed by atoms with van der Waals surface area (Å²) in [5.74, 6) is -0.313. The van der Waals surface area contributed by atoms with Crippen LogP contribution in [0, 0.1) is 11.3 Å². The highest BCUT2D eigenvalue weighted by Gasteiger charge is 2.32. The van der Waals surface area contributed by atoms with Crippen LogP contribution in [0.2, 0.25) is 0 Å². The lowest BCUT2D eigenvalue weighted by molar-refractivity contribution is -0.118. The van der Waals surface area contributed by atoms with Crippen LogP contribution in [-0.2, 0) is 9.53 Å². The summed E-state index contributed by atoms with van der Waals surface area (Å²) in [6.45, 7) is 0.909. The Bertz CT molecular complexity index is 304. The van der Waals surface area contributed by atoms with Crippen LogP contribution in [0.15, 0.2) is 11.6 Å². The van der Waals surface area contributed by atoms with Crippen molar-refractivity contribution < 1.29 is 19.7 Å². The first-order chi connectivity index (χ1) is 6.60. The van der Waals surface area contributed by atoms with Crippen LogP contribution in [0.5, 0.6) is 0 Å². The van der Waals surface area contributed by atoms with Gasteiger partial charge in [0.1, 0.15) is 12.2 Å². The minimum atomic E-state index is -1.04. The molecule has 1 aliphatic rings. The van der Waals surface area contributed by atoms with Crippen LogP contribution in [0.25, 0.3) is 0 Å². The minimum Gasteiger partial charge on any atom is -0.394 e. The summed E-state index contributed by atoms with van der Waals surface area (Å²) in [6, 6.07) is 1.79. The maximum Gasteiger partial charge on any atom is 0.172 e. The number of Topliss-reactive ketones (excluding diaryl/α,β-unsaturated/α-hetero) is 1. The standard InChI is InChI=1S/C9H11NO4/c1-5(12)6-2-7(13)9(4-11)14-8(6)3-10/h2,7-9,11,13H,4H2,1H3/t7-,8-,9+/m0/s1. The molecule has 76 valence electrons. The average Bonchev–Trinajstić information content (AvgIpc) is 2.17. The number of ether oxygens (including phenoxy) is 1. The summed E-state index contributed by atoms with van der Waals surface area (Å²) in [7, 11) is 0. The van der Waals surface area contributed by atoms with Gasteiger partial charge in [0.15, 0.2) is 11.9 Å². The van der Waals surface area contributed by atoms with E-state index in [9.17, 15) is 9.90 Å². The highest BCUT2D eigenvalue weighted by atomic mass is 16.5. The topological polar surface area (TPSA) is 90.6 Å². The zero-order chi connectivity index (χ0) is 10.7. The fraction of sp³-hybridized carbons (Fsp3) is 0.556. The molecule has 0 bridgehead atoms. The van der Waals surface area contributed by atoms with Crippen LogP contribution in [0.1, 0.15) is 6.92 Å². The number of ketones is 1. The number of aliphatic hydroxyl groups is 2. The van der Waals surface area contributed by atoms with Crippen molar-refractivity contribution in [2.45, 2.75) is 25.2 Å². The lowest BCUT2D eigenvalue weighted by Gasteiger charge is -2.28. The molecule has 0 fully saturated rings. The first kappa shape index (κ1) is 10.9. The first-order valence-corrected chi connectivity index (χ1v) is 4.16. The number of aliphatic hydroxyl groups excluding tert-OH is 2. The van der Waals surface area contributed by atoms with Crippen molar-refractivity contribution in [3.8, 4) is 6.07 Å². The number of nitriles is 1. The van der Waals surface area contributed by atoms with Gasteiger partial charge in [0.05, 0.1) is 12.7 Å². The smallest absolute Gasteiger partial charge is 0.172 e. The van der Waals surface area contributed by atoms with Crippen LogP contribution in [0.4, 0.5) is 0 Å². The molecule has 14 heavy (non-hydrogen) atoms. The van der Waals surface area contributed by atoms with Gasteiger partial charge >= 0.3 is 0 Å². The molecule has 5 heteroatoms. The third-order valence-electron chi connectivity index (χ3n) is 2.03. The van der Waals surface area contributed by atoms with E-state index in [1.165, 1.54) is 13.0 Å². The van der Waals surface area contributed by atoms with E-state index in [4.69, 9.17) is 15.1 Å². The van der Waals surface area contributed by atoms with Crippen molar-refractivity contribution in [1.29, 1.82) is 5.26 Å². The highest BCUT2D eigenvalue weighted by molar-refractivity contribution is 5.95. The summed E-state index contributed by atoms with van der Waals surface area (Å²) in [6.07, 6.45) is -1.60. The molecule has 5 nitrogen and oxygen atoms in total. The van der Waals surface area contributed by atoms with Crippen molar-refractivity contribution >= 4 is 5.78 Å². The SMILES string of the molecule is CC(=O)C1=C[C@H](O)[C@@H](CO)O[C@H]1C#N. The van der Waals surface area contributed by atoms with Gasteiger partial charge in [-0.05, 0) is 13.0 Å². The maximum absolute atomic E-state index is 11.0. The number of carbonyl (C=O) groups excluding carboxylic acids is 1. The first-order valence-electron chi connectivity index (χ1n) is 4.16. The summed E-state index contributed by atoms with van der Waals surface area (Å²) in [4.78, 5) is 11.0. The Morgan fingerprint density at radius 1 is 1.79 bits per heavy atom. The van der Waals surface area contributed by atoms with Crippen molar-refractivity contribution in [2.75, 3.05) is 6.61 Å². The van der Waals surface area contributed by atoms with Crippen LogP contribution in [-0.4, -0.2) is 40.9 Å². The molecule has 0 aliphatic carbocycles. The third kappa shape index (κ3) is 1.99. The van der Waals surface area contributed by atoms with Crippen LogP contribution in [0.3, 0.4) is 0 Å². The van der Waals surface area contributed by atoms with Gasteiger partial charge in [-0.3, -0.25) is 4.79 Å². The number of carbonyl (C=O) groups is 1. The zero-order valence-corrected chi connectivity index (χ0v) is 7.67. The molecule has 1 heterocycles. The van der Waals surface area contributed by atoms with E-state index in [1.54, 1.807) is 6.07 Å². The molecule has 0 aromatic rings. The molecule has 0 aromatic carbocycles. The van der Waals surface area contributed by atoms with E-state index >= 15 is 0 Å². The Kier molecular flexibility index (Phi) is 3.36. The molecule has 0 radical (unpaired) electrons. The average molecular weight is 197 g/mol. The summed E-state index contributed by atoms with van der Waals surface area (Å²) in [5.41, 5.74) is 0.143. The van der Waals surface area contributed by atoms with Gasteiger partial charge in [0.25, 0.3) is 0 Å². The Morgan fingerprint density at radius 2 is 2.43 bits per heavy atom. The van der Waals surface area contributed by atoms with Crippen molar-refractivity contribution in [3.05, 3.63) is 11.6 Å². The summed E-state index contributed by atoms with van der Waals surface area (Å²) >= 11 is 0. The predicted molar refractivity (Wildman–Crippen MR) is 46.1 cm³/mol. The minimum absolute atomic E-state index is 0.143. The van der Waals surface area contributed by atoms with E-state index in [0.717, 1.165) is 0 Å². The monoisotopic (exact) mass is 197 g/mol.